The molecule has 0 unspecified atom stereocenters. The summed E-state index contributed by atoms with van der Waals surface area (Å²) in [4.78, 5) is 12.5. The van der Waals surface area contributed by atoms with Gasteiger partial charge in [0.15, 0.2) is 0 Å². The summed E-state index contributed by atoms with van der Waals surface area (Å²) in [5, 5.41) is 14.5. The minimum Gasteiger partial charge on any atom is -0.363 e. The lowest BCUT2D eigenvalue weighted by Gasteiger charge is -2.33. The van der Waals surface area contributed by atoms with Crippen molar-refractivity contribution in [2.75, 3.05) is 31.6 Å². The number of hydrogen-bond donors (Lipinski definition) is 2. The standard InChI is InChI=1S/C12H18N4O4S/c1-9-8-15(6-5-14-9)11-4-3-10(21(19,20)13-2)7-12(11)16(17)18/h3-4,7,9,13-14H,5-6,8H2,1-2H3/t9-/m0/s1. The molecule has 2 N–H and O–H groups in total. The molecule has 0 spiro atoms. The summed E-state index contributed by atoms with van der Waals surface area (Å²) >= 11 is 0. The van der Waals surface area contributed by atoms with Gasteiger partial charge in [-0.15, -0.1) is 0 Å². The van der Waals surface area contributed by atoms with Gasteiger partial charge in [-0.2, -0.15) is 0 Å². The van der Waals surface area contributed by atoms with E-state index in [1.54, 1.807) is 0 Å². The van der Waals surface area contributed by atoms with Gasteiger partial charge >= 0.3 is 0 Å². The first-order valence-electron chi connectivity index (χ1n) is 6.55. The van der Waals surface area contributed by atoms with Crippen LogP contribution in [0.4, 0.5) is 11.4 Å². The fourth-order valence-electron chi connectivity index (χ4n) is 2.35. The molecule has 9 heteroatoms. The van der Waals surface area contributed by atoms with Crippen molar-refractivity contribution >= 4 is 21.4 Å². The van der Waals surface area contributed by atoms with Gasteiger partial charge in [-0.05, 0) is 26.1 Å². The highest BCUT2D eigenvalue weighted by Gasteiger charge is 2.26. The van der Waals surface area contributed by atoms with E-state index in [9.17, 15) is 18.5 Å². The number of nitro groups is 1. The molecular weight excluding hydrogens is 296 g/mol. The Hall–Kier alpha value is -1.71. The van der Waals surface area contributed by atoms with Gasteiger partial charge in [-0.3, -0.25) is 10.1 Å². The zero-order valence-corrected chi connectivity index (χ0v) is 12.7. The van der Waals surface area contributed by atoms with Gasteiger partial charge in [0.2, 0.25) is 10.0 Å². The Morgan fingerprint density at radius 3 is 2.76 bits per heavy atom. The SMILES string of the molecule is CNS(=O)(=O)c1ccc(N2CCN[C@@H](C)C2)c([N+](=O)[O-])c1. The average molecular weight is 314 g/mol. The van der Waals surface area contributed by atoms with Crippen LogP contribution < -0.4 is 14.9 Å². The highest BCUT2D eigenvalue weighted by atomic mass is 32.2. The van der Waals surface area contributed by atoms with E-state index in [2.05, 4.69) is 10.0 Å². The molecule has 1 saturated heterocycles. The Kier molecular flexibility index (Phi) is 4.45. The number of hydrogen-bond acceptors (Lipinski definition) is 6. The summed E-state index contributed by atoms with van der Waals surface area (Å²) < 4.78 is 25.7. The summed E-state index contributed by atoms with van der Waals surface area (Å²) in [7, 11) is -2.43. The molecule has 0 amide bonds. The maximum absolute atomic E-state index is 11.8. The average Bonchev–Trinajstić information content (AvgIpc) is 2.46. The number of piperazine rings is 1. The molecule has 0 saturated carbocycles. The molecule has 2 rings (SSSR count). The zero-order chi connectivity index (χ0) is 15.6. The second-order valence-corrected chi connectivity index (χ2v) is 6.80. The van der Waals surface area contributed by atoms with Crippen LogP contribution in [0, 0.1) is 10.1 Å². The summed E-state index contributed by atoms with van der Waals surface area (Å²) in [6.07, 6.45) is 0. The molecule has 21 heavy (non-hydrogen) atoms. The van der Waals surface area contributed by atoms with Crippen LogP contribution in [0.5, 0.6) is 0 Å². The first-order chi connectivity index (χ1) is 9.85. The lowest BCUT2D eigenvalue weighted by atomic mass is 10.2. The molecule has 116 valence electrons. The van der Waals surface area contributed by atoms with Crippen LogP contribution in [0.25, 0.3) is 0 Å². The Bertz CT molecular complexity index is 647. The minimum absolute atomic E-state index is 0.108. The molecule has 1 atom stereocenters. The largest absolute Gasteiger partial charge is 0.363 e. The number of nitro benzene ring substituents is 1. The van der Waals surface area contributed by atoms with Crippen LogP contribution in [-0.2, 0) is 10.0 Å². The van der Waals surface area contributed by atoms with Crippen LogP contribution >= 0.6 is 0 Å². The number of benzene rings is 1. The predicted octanol–water partition coefficient (Wildman–Crippen LogP) is 0.301. The summed E-state index contributed by atoms with van der Waals surface area (Å²) in [5.41, 5.74) is 0.254. The highest BCUT2D eigenvalue weighted by Crippen LogP contribution is 2.31. The van der Waals surface area contributed by atoms with Crippen molar-refractivity contribution in [3.8, 4) is 0 Å². The Morgan fingerprint density at radius 1 is 1.48 bits per heavy atom. The molecule has 8 nitrogen and oxygen atoms in total. The second kappa shape index (κ2) is 5.96. The molecule has 1 heterocycles. The molecule has 1 aliphatic rings. The van der Waals surface area contributed by atoms with Crippen LogP contribution in [0.15, 0.2) is 23.1 Å². The minimum atomic E-state index is -3.70. The van der Waals surface area contributed by atoms with Crippen molar-refractivity contribution < 1.29 is 13.3 Å². The van der Waals surface area contributed by atoms with Gasteiger partial charge < -0.3 is 10.2 Å². The van der Waals surface area contributed by atoms with Gasteiger partial charge in [-0.1, -0.05) is 0 Å². The molecule has 1 aliphatic heterocycles. The smallest absolute Gasteiger partial charge is 0.293 e. The van der Waals surface area contributed by atoms with Crippen molar-refractivity contribution in [3.05, 3.63) is 28.3 Å². The topological polar surface area (TPSA) is 105 Å². The van der Waals surface area contributed by atoms with Crippen LogP contribution in [0.2, 0.25) is 0 Å². The first kappa shape index (κ1) is 15.7. The van der Waals surface area contributed by atoms with E-state index < -0.39 is 14.9 Å². The van der Waals surface area contributed by atoms with Crippen LogP contribution in [0.3, 0.4) is 0 Å². The molecule has 1 aromatic rings. The Labute approximate surface area is 123 Å². The lowest BCUT2D eigenvalue weighted by molar-refractivity contribution is -0.384. The highest BCUT2D eigenvalue weighted by molar-refractivity contribution is 7.89. The number of sulfonamides is 1. The second-order valence-electron chi connectivity index (χ2n) is 4.92. The lowest BCUT2D eigenvalue weighted by Crippen LogP contribution is -2.49. The number of nitrogens with one attached hydrogen (secondary N) is 2. The summed E-state index contributed by atoms with van der Waals surface area (Å²) in [5.74, 6) is 0. The molecule has 1 fully saturated rings. The molecule has 1 aromatic carbocycles. The Balaban J connectivity index is 2.45. The van der Waals surface area contributed by atoms with Crippen molar-refractivity contribution in [2.45, 2.75) is 17.9 Å². The van der Waals surface area contributed by atoms with Gasteiger partial charge in [0, 0.05) is 31.7 Å². The third-order valence-corrected chi connectivity index (χ3v) is 4.84. The van der Waals surface area contributed by atoms with Crippen LogP contribution in [0.1, 0.15) is 6.92 Å². The zero-order valence-electron chi connectivity index (χ0n) is 11.9. The van der Waals surface area contributed by atoms with E-state index in [-0.39, 0.29) is 16.6 Å². The van der Waals surface area contributed by atoms with Crippen LogP contribution in [-0.4, -0.2) is 46.1 Å². The Morgan fingerprint density at radius 2 is 2.19 bits per heavy atom. The molecule has 0 radical (unpaired) electrons. The van der Waals surface area contributed by atoms with E-state index in [0.717, 1.165) is 12.6 Å². The van der Waals surface area contributed by atoms with E-state index in [4.69, 9.17) is 0 Å². The third-order valence-electron chi connectivity index (χ3n) is 3.43. The molecule has 0 aliphatic carbocycles. The van der Waals surface area contributed by atoms with E-state index in [1.807, 2.05) is 11.8 Å². The van der Waals surface area contributed by atoms with Crippen molar-refractivity contribution in [3.63, 3.8) is 0 Å². The van der Waals surface area contributed by atoms with Crippen molar-refractivity contribution in [1.29, 1.82) is 0 Å². The van der Waals surface area contributed by atoms with Crippen molar-refractivity contribution in [2.24, 2.45) is 0 Å². The maximum atomic E-state index is 11.8. The van der Waals surface area contributed by atoms with Crippen molar-refractivity contribution in [1.82, 2.24) is 10.0 Å². The number of nitrogens with zero attached hydrogens (tertiary/aromatic N) is 2. The summed E-state index contributed by atoms with van der Waals surface area (Å²) in [6, 6.07) is 4.22. The van der Waals surface area contributed by atoms with Gasteiger partial charge in [0.25, 0.3) is 5.69 Å². The maximum Gasteiger partial charge on any atom is 0.293 e. The fourth-order valence-corrected chi connectivity index (χ4v) is 3.10. The monoisotopic (exact) mass is 314 g/mol. The fraction of sp³-hybridized carbons (Fsp3) is 0.500. The first-order valence-corrected chi connectivity index (χ1v) is 8.04. The quantitative estimate of drug-likeness (QED) is 0.612. The van der Waals surface area contributed by atoms with Gasteiger partial charge in [0.1, 0.15) is 5.69 Å². The molecule has 0 aromatic heterocycles. The van der Waals surface area contributed by atoms with E-state index >= 15 is 0 Å². The van der Waals surface area contributed by atoms with E-state index in [0.29, 0.717) is 18.8 Å². The number of rotatable bonds is 4. The normalized spacial score (nSPS) is 19.5. The van der Waals surface area contributed by atoms with Gasteiger partial charge in [0.05, 0.1) is 9.82 Å². The van der Waals surface area contributed by atoms with Gasteiger partial charge in [-0.25, -0.2) is 13.1 Å². The summed E-state index contributed by atoms with van der Waals surface area (Å²) in [6.45, 7) is 4.01. The predicted molar refractivity (Wildman–Crippen MR) is 79.0 cm³/mol. The molecule has 0 bridgehead atoms. The van der Waals surface area contributed by atoms with E-state index in [1.165, 1.54) is 19.2 Å². The molecular formula is C12H18N4O4S. The number of anilines is 1. The third kappa shape index (κ3) is 3.31.